The van der Waals surface area contributed by atoms with Gasteiger partial charge in [-0.05, 0) is 60.9 Å². The minimum absolute atomic E-state index is 0.0587. The van der Waals surface area contributed by atoms with Gasteiger partial charge in [-0.3, -0.25) is 14.5 Å². The fourth-order valence-electron chi connectivity index (χ4n) is 4.00. The molecule has 0 aliphatic carbocycles. The average molecular weight is 547 g/mol. The molecule has 6 nitrogen and oxygen atoms in total. The zero-order valence-electron chi connectivity index (χ0n) is 20.8. The van der Waals surface area contributed by atoms with Gasteiger partial charge in [0.2, 0.25) is 0 Å². The van der Waals surface area contributed by atoms with Gasteiger partial charge < -0.3 is 9.47 Å². The molecule has 3 aromatic carbocycles. The second-order valence-electron chi connectivity index (χ2n) is 8.52. The largest absolute Gasteiger partial charge is 0.490 e. The van der Waals surface area contributed by atoms with Gasteiger partial charge in [0.15, 0.2) is 11.5 Å². The number of nitriles is 1. The number of rotatable bonds is 8. The third-order valence-corrected chi connectivity index (χ3v) is 6.57. The highest BCUT2D eigenvalue weighted by atomic mass is 35.5. The number of ether oxygens (including phenoxy) is 2. The van der Waals surface area contributed by atoms with E-state index >= 15 is 0 Å². The first-order valence-electron chi connectivity index (χ1n) is 11.9. The normalized spacial score (nSPS) is 14.6. The summed E-state index contributed by atoms with van der Waals surface area (Å²) in [5, 5.41) is 10.7. The molecule has 0 unspecified atom stereocenters. The van der Waals surface area contributed by atoms with Gasteiger partial charge in [-0.2, -0.15) is 5.26 Å². The van der Waals surface area contributed by atoms with Crippen molar-refractivity contribution >= 4 is 41.1 Å². The molecule has 0 radical (unpaired) electrons. The number of carbonyl (C=O) groups is 2. The topological polar surface area (TPSA) is 79.6 Å². The predicted molar refractivity (Wildman–Crippen MR) is 147 cm³/mol. The number of nitrogens with zero attached hydrogens (tertiary/aromatic N) is 2. The second kappa shape index (κ2) is 12.0. The Hall–Kier alpha value is -4.05. The summed E-state index contributed by atoms with van der Waals surface area (Å²) in [7, 11) is 0. The van der Waals surface area contributed by atoms with E-state index in [-0.39, 0.29) is 24.3 Å². The van der Waals surface area contributed by atoms with Crippen LogP contribution >= 0.6 is 23.2 Å². The first-order chi connectivity index (χ1) is 18.3. The molecule has 3 aromatic rings. The Morgan fingerprint density at radius 3 is 2.39 bits per heavy atom. The van der Waals surface area contributed by atoms with Crippen molar-refractivity contribution in [3.05, 3.63) is 110 Å². The molecule has 0 aromatic heterocycles. The van der Waals surface area contributed by atoms with Crippen LogP contribution < -0.4 is 9.47 Å². The highest BCUT2D eigenvalue weighted by molar-refractivity contribution is 6.35. The van der Waals surface area contributed by atoms with Crippen LogP contribution in [0.15, 0.2) is 83.4 Å². The Morgan fingerprint density at radius 2 is 1.71 bits per heavy atom. The maximum absolute atomic E-state index is 13.4. The zero-order valence-corrected chi connectivity index (χ0v) is 22.3. The van der Waals surface area contributed by atoms with Crippen LogP contribution in [0.1, 0.15) is 30.5 Å². The first kappa shape index (κ1) is 27.0. The standard InChI is InChI=1S/C30H24Cl2N2O4/c1-3-37-28-14-21(9-12-27(28)38-18-22-10-11-23(31)15-26(22)32)13-24-19(2)25(16-33)30(36)34(29(24)35)17-20-7-5-4-6-8-20/h4-15H,3,17-18H2,1-2H3/b24-13+. The second-order valence-corrected chi connectivity index (χ2v) is 9.36. The molecule has 2 amide bonds. The molecule has 0 saturated carbocycles. The van der Waals surface area contributed by atoms with Crippen LogP contribution in [0.25, 0.3) is 6.08 Å². The molecule has 38 heavy (non-hydrogen) atoms. The Bertz CT molecular complexity index is 1490. The van der Waals surface area contributed by atoms with Crippen LogP contribution in [0.2, 0.25) is 10.0 Å². The van der Waals surface area contributed by atoms with Crippen molar-refractivity contribution in [3.63, 3.8) is 0 Å². The van der Waals surface area contributed by atoms with Crippen molar-refractivity contribution < 1.29 is 19.1 Å². The third kappa shape index (κ3) is 5.91. The molecular formula is C30H24Cl2N2O4. The molecule has 1 aliphatic rings. The van der Waals surface area contributed by atoms with Gasteiger partial charge in [-0.1, -0.05) is 65.7 Å². The van der Waals surface area contributed by atoms with E-state index in [1.165, 1.54) is 0 Å². The SMILES string of the molecule is CCOc1cc(/C=C2/C(=O)N(Cc3ccccc3)C(=O)C(C#N)=C2C)ccc1OCc1ccc(Cl)cc1Cl. The van der Waals surface area contributed by atoms with E-state index in [0.717, 1.165) is 16.0 Å². The Kier molecular flexibility index (Phi) is 8.52. The van der Waals surface area contributed by atoms with Crippen molar-refractivity contribution in [3.8, 4) is 17.6 Å². The van der Waals surface area contributed by atoms with Crippen molar-refractivity contribution in [1.82, 2.24) is 4.90 Å². The van der Waals surface area contributed by atoms with E-state index in [2.05, 4.69) is 0 Å². The molecule has 1 heterocycles. The van der Waals surface area contributed by atoms with Gasteiger partial charge in [-0.25, -0.2) is 0 Å². The van der Waals surface area contributed by atoms with Crippen molar-refractivity contribution in [1.29, 1.82) is 5.26 Å². The highest BCUT2D eigenvalue weighted by Gasteiger charge is 2.35. The summed E-state index contributed by atoms with van der Waals surface area (Å²) in [6.45, 7) is 4.14. The lowest BCUT2D eigenvalue weighted by atomic mass is 9.93. The number of hydrogen-bond acceptors (Lipinski definition) is 5. The number of amides is 2. The molecule has 0 bridgehead atoms. The Balaban J connectivity index is 1.65. The van der Waals surface area contributed by atoms with Crippen LogP contribution in [-0.2, 0) is 22.7 Å². The van der Waals surface area contributed by atoms with E-state index in [9.17, 15) is 14.9 Å². The molecule has 1 aliphatic heterocycles. The van der Waals surface area contributed by atoms with Gasteiger partial charge in [0, 0.05) is 21.2 Å². The number of halogens is 2. The van der Waals surface area contributed by atoms with E-state index < -0.39 is 11.8 Å². The lowest BCUT2D eigenvalue weighted by molar-refractivity contribution is -0.141. The van der Waals surface area contributed by atoms with Crippen LogP contribution in [0.3, 0.4) is 0 Å². The Labute approximate surface area is 231 Å². The summed E-state index contributed by atoms with van der Waals surface area (Å²) in [5.74, 6) is -0.0861. The maximum Gasteiger partial charge on any atom is 0.271 e. The molecule has 0 spiro atoms. The van der Waals surface area contributed by atoms with Crippen LogP contribution in [-0.4, -0.2) is 23.3 Å². The molecule has 0 fully saturated rings. The smallest absolute Gasteiger partial charge is 0.271 e. The van der Waals surface area contributed by atoms with E-state index in [1.807, 2.05) is 43.3 Å². The number of hydrogen-bond donors (Lipinski definition) is 0. The molecule has 192 valence electrons. The summed E-state index contributed by atoms with van der Waals surface area (Å²) in [6.07, 6.45) is 1.65. The summed E-state index contributed by atoms with van der Waals surface area (Å²) in [4.78, 5) is 27.5. The minimum Gasteiger partial charge on any atom is -0.490 e. The molecular weight excluding hydrogens is 523 g/mol. The number of carbonyl (C=O) groups excluding carboxylic acids is 2. The fourth-order valence-corrected chi connectivity index (χ4v) is 4.47. The number of benzene rings is 3. The molecule has 4 rings (SSSR count). The van der Waals surface area contributed by atoms with Crippen molar-refractivity contribution in [2.24, 2.45) is 0 Å². The van der Waals surface area contributed by atoms with Crippen molar-refractivity contribution in [2.75, 3.05) is 6.61 Å². The van der Waals surface area contributed by atoms with Crippen LogP contribution in [0, 0.1) is 11.3 Å². The van der Waals surface area contributed by atoms with E-state index in [1.54, 1.807) is 49.4 Å². The Morgan fingerprint density at radius 1 is 0.947 bits per heavy atom. The van der Waals surface area contributed by atoms with E-state index in [4.69, 9.17) is 32.7 Å². The zero-order chi connectivity index (χ0) is 27.2. The lowest BCUT2D eigenvalue weighted by Gasteiger charge is -2.27. The monoisotopic (exact) mass is 546 g/mol. The van der Waals surface area contributed by atoms with Crippen LogP contribution in [0.5, 0.6) is 11.5 Å². The molecule has 0 N–H and O–H groups in total. The molecule has 0 saturated heterocycles. The maximum atomic E-state index is 13.4. The third-order valence-electron chi connectivity index (χ3n) is 5.99. The predicted octanol–water partition coefficient (Wildman–Crippen LogP) is 6.76. The molecule has 0 atom stereocenters. The summed E-state index contributed by atoms with van der Waals surface area (Å²) >= 11 is 12.2. The summed E-state index contributed by atoms with van der Waals surface area (Å²) in [5.41, 5.74) is 2.75. The van der Waals surface area contributed by atoms with Gasteiger partial charge in [0.05, 0.1) is 13.2 Å². The van der Waals surface area contributed by atoms with Gasteiger partial charge in [0.25, 0.3) is 11.8 Å². The van der Waals surface area contributed by atoms with Gasteiger partial charge >= 0.3 is 0 Å². The summed E-state index contributed by atoms with van der Waals surface area (Å²) < 4.78 is 11.8. The van der Waals surface area contributed by atoms with Gasteiger partial charge in [-0.15, -0.1) is 0 Å². The highest BCUT2D eigenvalue weighted by Crippen LogP contribution is 2.33. The quantitative estimate of drug-likeness (QED) is 0.230. The van der Waals surface area contributed by atoms with E-state index in [0.29, 0.717) is 39.3 Å². The minimum atomic E-state index is -0.601. The molecule has 8 heteroatoms. The average Bonchev–Trinajstić information content (AvgIpc) is 2.90. The lowest BCUT2D eigenvalue weighted by Crippen LogP contribution is -2.42. The fraction of sp³-hybridized carbons (Fsp3) is 0.167. The van der Waals surface area contributed by atoms with Crippen molar-refractivity contribution in [2.45, 2.75) is 27.0 Å². The number of imide groups is 1. The first-order valence-corrected chi connectivity index (χ1v) is 12.6. The van der Waals surface area contributed by atoms with Gasteiger partial charge in [0.1, 0.15) is 18.2 Å². The van der Waals surface area contributed by atoms with Crippen LogP contribution in [0.4, 0.5) is 0 Å². The summed E-state index contributed by atoms with van der Waals surface area (Å²) in [6, 6.07) is 21.6.